The van der Waals surface area contributed by atoms with Crippen LogP contribution in [0, 0.1) is 6.92 Å². The zero-order valence-electron chi connectivity index (χ0n) is 11.4. The molecule has 2 aromatic rings. The fraction of sp³-hybridized carbons (Fsp3) is 0.400. The van der Waals surface area contributed by atoms with E-state index in [9.17, 15) is 0 Å². The van der Waals surface area contributed by atoms with Crippen molar-refractivity contribution in [1.82, 2.24) is 4.98 Å². The zero-order chi connectivity index (χ0) is 14.2. The molecule has 0 fully saturated rings. The van der Waals surface area contributed by atoms with Crippen LogP contribution >= 0.6 is 27.3 Å². The Balaban J connectivity index is 2.04. The molecule has 0 N–H and O–H groups in total. The molecule has 0 saturated heterocycles. The molecule has 0 bridgehead atoms. The molecule has 0 aliphatic rings. The lowest BCUT2D eigenvalue weighted by molar-refractivity contribution is 0.0252. The van der Waals surface area contributed by atoms with Gasteiger partial charge in [-0.2, -0.15) is 0 Å². The van der Waals surface area contributed by atoms with Gasteiger partial charge in [0.25, 0.3) is 0 Å². The molecule has 0 saturated carbocycles. The first-order valence-electron chi connectivity index (χ1n) is 6.53. The van der Waals surface area contributed by atoms with Crippen LogP contribution < -0.4 is 0 Å². The highest BCUT2D eigenvalue weighted by Gasteiger charge is 2.18. The van der Waals surface area contributed by atoms with Gasteiger partial charge in [-0.3, -0.25) is 0 Å². The van der Waals surface area contributed by atoms with Crippen LogP contribution in [0.25, 0.3) is 0 Å². The molecule has 0 aliphatic carbocycles. The summed E-state index contributed by atoms with van der Waals surface area (Å²) in [6.45, 7) is 3.90. The molecule has 1 heterocycles. The van der Waals surface area contributed by atoms with Gasteiger partial charge < -0.3 is 9.47 Å². The number of alkyl halides is 1. The maximum atomic E-state index is 6.03. The fourth-order valence-corrected chi connectivity index (χ4v) is 3.00. The van der Waals surface area contributed by atoms with Crippen LogP contribution in [-0.4, -0.2) is 30.1 Å². The van der Waals surface area contributed by atoms with E-state index in [2.05, 4.69) is 33.0 Å². The van der Waals surface area contributed by atoms with E-state index in [1.54, 1.807) is 11.3 Å². The van der Waals surface area contributed by atoms with Crippen LogP contribution in [0.2, 0.25) is 0 Å². The predicted octanol–water partition coefficient (Wildman–Crippen LogP) is 3.97. The van der Waals surface area contributed by atoms with Gasteiger partial charge >= 0.3 is 0 Å². The Morgan fingerprint density at radius 1 is 1.20 bits per heavy atom. The van der Waals surface area contributed by atoms with Crippen molar-refractivity contribution in [3.8, 4) is 0 Å². The average molecular weight is 356 g/mol. The predicted molar refractivity (Wildman–Crippen MR) is 85.7 cm³/mol. The minimum absolute atomic E-state index is 0.0590. The first-order chi connectivity index (χ1) is 9.83. The molecule has 20 heavy (non-hydrogen) atoms. The minimum atomic E-state index is -0.0590. The lowest BCUT2D eigenvalue weighted by atomic mass is 10.1. The summed E-state index contributed by atoms with van der Waals surface area (Å²) < 4.78 is 11.5. The normalized spacial score (nSPS) is 12.5. The van der Waals surface area contributed by atoms with Crippen molar-refractivity contribution in [1.29, 1.82) is 0 Å². The topological polar surface area (TPSA) is 31.4 Å². The number of hydrogen-bond acceptors (Lipinski definition) is 4. The molecule has 0 spiro atoms. The van der Waals surface area contributed by atoms with E-state index >= 15 is 0 Å². The summed E-state index contributed by atoms with van der Waals surface area (Å²) in [6, 6.07) is 10.2. The molecular weight excluding hydrogens is 338 g/mol. The van der Waals surface area contributed by atoms with Gasteiger partial charge in [0.05, 0.1) is 35.9 Å². The smallest absolute Gasteiger partial charge is 0.119 e. The van der Waals surface area contributed by atoms with Crippen molar-refractivity contribution >= 4 is 27.3 Å². The fourth-order valence-electron chi connectivity index (χ4n) is 1.90. The van der Waals surface area contributed by atoms with Gasteiger partial charge in [0.1, 0.15) is 6.10 Å². The van der Waals surface area contributed by atoms with E-state index in [0.717, 1.165) is 21.5 Å². The number of benzene rings is 1. The molecule has 3 nitrogen and oxygen atoms in total. The van der Waals surface area contributed by atoms with Crippen LogP contribution in [0.1, 0.15) is 22.2 Å². The lowest BCUT2D eigenvalue weighted by Crippen LogP contribution is -2.11. The molecule has 0 amide bonds. The quantitative estimate of drug-likeness (QED) is 0.530. The average Bonchev–Trinajstić information content (AvgIpc) is 2.90. The van der Waals surface area contributed by atoms with Gasteiger partial charge in [0, 0.05) is 5.33 Å². The minimum Gasteiger partial charge on any atom is -0.378 e. The lowest BCUT2D eigenvalue weighted by Gasteiger charge is -2.17. The van der Waals surface area contributed by atoms with Crippen LogP contribution in [0.5, 0.6) is 0 Å². The molecule has 1 aromatic heterocycles. The Bertz CT molecular complexity index is 504. The van der Waals surface area contributed by atoms with Crippen molar-refractivity contribution in [2.45, 2.75) is 13.0 Å². The first-order valence-corrected chi connectivity index (χ1v) is 8.53. The second-order valence-electron chi connectivity index (χ2n) is 4.26. The van der Waals surface area contributed by atoms with Crippen LogP contribution in [-0.2, 0) is 9.47 Å². The van der Waals surface area contributed by atoms with Crippen LogP contribution in [0.4, 0.5) is 0 Å². The van der Waals surface area contributed by atoms with E-state index in [4.69, 9.17) is 9.47 Å². The second kappa shape index (κ2) is 8.52. The van der Waals surface area contributed by atoms with Crippen molar-refractivity contribution in [3.63, 3.8) is 0 Å². The maximum absolute atomic E-state index is 6.03. The second-order valence-corrected chi connectivity index (χ2v) is 5.94. The van der Waals surface area contributed by atoms with Gasteiger partial charge in [0.2, 0.25) is 0 Å². The summed E-state index contributed by atoms with van der Waals surface area (Å²) >= 11 is 4.97. The third-order valence-electron chi connectivity index (χ3n) is 2.86. The van der Waals surface area contributed by atoms with Gasteiger partial charge in [-0.15, -0.1) is 11.3 Å². The van der Waals surface area contributed by atoms with E-state index < -0.39 is 0 Å². The summed E-state index contributed by atoms with van der Waals surface area (Å²) in [4.78, 5) is 5.49. The van der Waals surface area contributed by atoms with Gasteiger partial charge in [-0.25, -0.2) is 4.98 Å². The number of thiazole rings is 1. The Kier molecular flexibility index (Phi) is 6.66. The molecule has 5 heteroatoms. The van der Waals surface area contributed by atoms with Crippen molar-refractivity contribution in [2.75, 3.05) is 25.2 Å². The highest BCUT2D eigenvalue weighted by atomic mass is 79.9. The van der Waals surface area contributed by atoms with E-state index in [0.29, 0.717) is 19.8 Å². The summed E-state index contributed by atoms with van der Waals surface area (Å²) in [5.41, 5.74) is 4.05. The summed E-state index contributed by atoms with van der Waals surface area (Å²) in [5, 5.41) is 0.850. The van der Waals surface area contributed by atoms with E-state index in [-0.39, 0.29) is 6.10 Å². The summed E-state index contributed by atoms with van der Waals surface area (Å²) in [6.07, 6.45) is -0.0590. The molecular formula is C15H18BrNO2S. The van der Waals surface area contributed by atoms with Gasteiger partial charge in [-0.1, -0.05) is 46.3 Å². The number of ether oxygens (including phenoxy) is 2. The Morgan fingerprint density at radius 2 is 2.00 bits per heavy atom. The molecule has 2 rings (SSSR count). The third kappa shape index (κ3) is 4.38. The number of halogens is 1. The van der Waals surface area contributed by atoms with Gasteiger partial charge in [0.15, 0.2) is 0 Å². The largest absolute Gasteiger partial charge is 0.378 e. The first kappa shape index (κ1) is 15.6. The molecule has 1 aromatic carbocycles. The molecule has 0 aliphatic heterocycles. The highest BCUT2D eigenvalue weighted by Crippen LogP contribution is 2.30. The SMILES string of the molecule is Cc1ncsc1C(OCCOCCBr)c1ccccc1. The van der Waals surface area contributed by atoms with E-state index in [1.807, 2.05) is 30.6 Å². The maximum Gasteiger partial charge on any atom is 0.119 e. The van der Waals surface area contributed by atoms with Crippen LogP contribution in [0.3, 0.4) is 0 Å². The molecule has 108 valence electrons. The summed E-state index contributed by atoms with van der Waals surface area (Å²) in [5.74, 6) is 0. The highest BCUT2D eigenvalue weighted by molar-refractivity contribution is 9.09. The number of aryl methyl sites for hydroxylation is 1. The number of hydrogen-bond donors (Lipinski definition) is 0. The van der Waals surface area contributed by atoms with Crippen molar-refractivity contribution in [2.24, 2.45) is 0 Å². The Hall–Kier alpha value is -0.750. The van der Waals surface area contributed by atoms with Gasteiger partial charge in [-0.05, 0) is 12.5 Å². The number of rotatable bonds is 8. The van der Waals surface area contributed by atoms with Crippen molar-refractivity contribution in [3.05, 3.63) is 52.0 Å². The Labute approximate surface area is 132 Å². The zero-order valence-corrected chi connectivity index (χ0v) is 13.8. The number of nitrogens with zero attached hydrogens (tertiary/aromatic N) is 1. The van der Waals surface area contributed by atoms with Crippen LogP contribution in [0.15, 0.2) is 35.8 Å². The van der Waals surface area contributed by atoms with E-state index in [1.165, 1.54) is 0 Å². The molecule has 0 radical (unpaired) electrons. The Morgan fingerprint density at radius 3 is 2.65 bits per heavy atom. The van der Waals surface area contributed by atoms with Crippen molar-refractivity contribution < 1.29 is 9.47 Å². The molecule has 1 atom stereocenters. The third-order valence-corrected chi connectivity index (χ3v) is 4.15. The standard InChI is InChI=1S/C15H18BrNO2S/c1-12-15(20-11-17-12)14(13-5-3-2-4-6-13)19-10-9-18-8-7-16/h2-6,11,14H,7-10H2,1H3. The molecule has 1 unspecified atom stereocenters. The monoisotopic (exact) mass is 355 g/mol. The summed E-state index contributed by atoms with van der Waals surface area (Å²) in [7, 11) is 0. The number of aromatic nitrogens is 1.